The van der Waals surface area contributed by atoms with Crippen LogP contribution in [-0.2, 0) is 9.53 Å². The van der Waals surface area contributed by atoms with E-state index in [0.29, 0.717) is 0 Å². The summed E-state index contributed by atoms with van der Waals surface area (Å²) in [6.45, 7) is 2.31. The molecular formula is C13H18F6O3. The molecule has 0 amide bonds. The molecule has 1 N–H and O–H groups in total. The maximum atomic E-state index is 13.3. The molecule has 0 radical (unpaired) electrons. The number of halogens is 6. The molecule has 9 heteroatoms. The van der Waals surface area contributed by atoms with Gasteiger partial charge < -0.3 is 9.84 Å². The van der Waals surface area contributed by atoms with Crippen molar-refractivity contribution in [2.75, 3.05) is 0 Å². The highest BCUT2D eigenvalue weighted by Gasteiger charge is 2.77. The van der Waals surface area contributed by atoms with Crippen molar-refractivity contribution < 1.29 is 41.0 Å². The van der Waals surface area contributed by atoms with Crippen molar-refractivity contribution in [1.82, 2.24) is 0 Å². The van der Waals surface area contributed by atoms with E-state index in [1.54, 1.807) is 0 Å². The Balaban J connectivity index is 3.30. The Morgan fingerprint density at radius 2 is 1.41 bits per heavy atom. The lowest BCUT2D eigenvalue weighted by Gasteiger charge is -2.44. The fourth-order valence-corrected chi connectivity index (χ4v) is 2.58. The highest BCUT2D eigenvalue weighted by molar-refractivity contribution is 5.72. The summed E-state index contributed by atoms with van der Waals surface area (Å²) >= 11 is 0. The van der Waals surface area contributed by atoms with Gasteiger partial charge in [-0.25, -0.2) is 0 Å². The van der Waals surface area contributed by atoms with Gasteiger partial charge in [0.25, 0.3) is 0 Å². The smallest absolute Gasteiger partial charge is 0.437 e. The predicted molar refractivity (Wildman–Crippen MR) is 63.7 cm³/mol. The Hall–Kier alpha value is -0.990. The topological polar surface area (TPSA) is 46.5 Å². The van der Waals surface area contributed by atoms with Crippen LogP contribution in [0.1, 0.15) is 39.5 Å². The Morgan fingerprint density at radius 1 is 1.00 bits per heavy atom. The van der Waals surface area contributed by atoms with Crippen LogP contribution in [0, 0.1) is 11.8 Å². The number of carbonyl (C=O) groups is 1. The summed E-state index contributed by atoms with van der Waals surface area (Å²) in [5.74, 6) is -4.64. The van der Waals surface area contributed by atoms with Crippen molar-refractivity contribution in [3.8, 4) is 0 Å². The molecule has 0 heterocycles. The molecule has 0 atom stereocenters. The van der Waals surface area contributed by atoms with Gasteiger partial charge in [0, 0.05) is 5.92 Å². The summed E-state index contributed by atoms with van der Waals surface area (Å²) in [4.78, 5) is 11.5. The zero-order valence-corrected chi connectivity index (χ0v) is 12.1. The van der Waals surface area contributed by atoms with Crippen LogP contribution in [0.5, 0.6) is 0 Å². The third kappa shape index (κ3) is 3.49. The van der Waals surface area contributed by atoms with Crippen LogP contribution in [0.3, 0.4) is 0 Å². The van der Waals surface area contributed by atoms with Gasteiger partial charge in [0.15, 0.2) is 0 Å². The van der Waals surface area contributed by atoms with Gasteiger partial charge in [0.2, 0.25) is 0 Å². The minimum atomic E-state index is -5.79. The van der Waals surface area contributed by atoms with E-state index in [0.717, 1.165) is 13.8 Å². The Morgan fingerprint density at radius 3 is 1.73 bits per heavy atom. The second kappa shape index (κ2) is 6.25. The van der Waals surface area contributed by atoms with Crippen LogP contribution < -0.4 is 0 Å². The average molecular weight is 336 g/mol. The SMILES string of the molecule is CC(C)C(=O)OC([C@H]1CC[C@H](O)CC1)(C(F)(F)F)C(F)(F)F. The van der Waals surface area contributed by atoms with Crippen molar-refractivity contribution in [2.24, 2.45) is 11.8 Å². The molecule has 0 unspecified atom stereocenters. The maximum absolute atomic E-state index is 13.3. The molecule has 1 aliphatic carbocycles. The van der Waals surface area contributed by atoms with Gasteiger partial charge in [0.05, 0.1) is 12.0 Å². The van der Waals surface area contributed by atoms with Crippen LogP contribution in [-0.4, -0.2) is 35.1 Å². The number of esters is 1. The fraction of sp³-hybridized carbons (Fsp3) is 0.923. The third-order valence-electron chi connectivity index (χ3n) is 3.85. The summed E-state index contributed by atoms with van der Waals surface area (Å²) in [6.07, 6.45) is -13.9. The molecule has 22 heavy (non-hydrogen) atoms. The Kier molecular flexibility index (Phi) is 5.42. The zero-order chi connectivity index (χ0) is 17.3. The molecule has 1 fully saturated rings. The largest absolute Gasteiger partial charge is 0.439 e. The predicted octanol–water partition coefficient (Wildman–Crippen LogP) is 3.60. The second-order valence-electron chi connectivity index (χ2n) is 5.81. The molecule has 0 aromatic rings. The average Bonchev–Trinajstić information content (AvgIpc) is 2.33. The number of aliphatic hydroxyl groups is 1. The summed E-state index contributed by atoms with van der Waals surface area (Å²) in [5.41, 5.74) is -4.53. The van der Waals surface area contributed by atoms with E-state index in [1.807, 2.05) is 0 Å². The second-order valence-corrected chi connectivity index (χ2v) is 5.81. The molecule has 1 aliphatic rings. The van der Waals surface area contributed by atoms with E-state index in [4.69, 9.17) is 0 Å². The first kappa shape index (κ1) is 19.1. The molecule has 130 valence electrons. The number of hydrogen-bond donors (Lipinski definition) is 1. The monoisotopic (exact) mass is 336 g/mol. The van der Waals surface area contributed by atoms with Gasteiger partial charge in [-0.3, -0.25) is 4.79 Å². The summed E-state index contributed by atoms with van der Waals surface area (Å²) < 4.78 is 83.9. The van der Waals surface area contributed by atoms with Gasteiger partial charge in [-0.05, 0) is 25.7 Å². The number of alkyl halides is 6. The fourth-order valence-electron chi connectivity index (χ4n) is 2.58. The first-order chi connectivity index (χ1) is 9.83. The Bertz CT molecular complexity index is 380. The number of carbonyl (C=O) groups excluding carboxylic acids is 1. The van der Waals surface area contributed by atoms with Crippen molar-refractivity contribution in [3.63, 3.8) is 0 Å². The van der Waals surface area contributed by atoms with E-state index in [1.165, 1.54) is 0 Å². The molecule has 1 rings (SSSR count). The number of ether oxygens (including phenoxy) is 1. The lowest BCUT2D eigenvalue weighted by molar-refractivity contribution is -0.389. The van der Waals surface area contributed by atoms with Crippen LogP contribution in [0.4, 0.5) is 26.3 Å². The number of aliphatic hydroxyl groups excluding tert-OH is 1. The Labute approximate surface area is 123 Å². The summed E-state index contributed by atoms with van der Waals surface area (Å²) in [6, 6.07) is 0. The van der Waals surface area contributed by atoms with Crippen molar-refractivity contribution in [1.29, 1.82) is 0 Å². The van der Waals surface area contributed by atoms with E-state index < -0.39 is 54.7 Å². The maximum Gasteiger partial charge on any atom is 0.437 e. The van der Waals surface area contributed by atoms with Crippen molar-refractivity contribution in [3.05, 3.63) is 0 Å². The highest BCUT2D eigenvalue weighted by Crippen LogP contribution is 2.54. The molecule has 0 saturated heterocycles. The van der Waals surface area contributed by atoms with Crippen molar-refractivity contribution >= 4 is 5.97 Å². The van der Waals surface area contributed by atoms with E-state index in [2.05, 4.69) is 4.74 Å². The standard InChI is InChI=1S/C13H18F6O3/c1-7(2)10(21)22-11(12(14,15)16,13(17,18)19)8-3-5-9(20)6-4-8/h7-9,20H,3-6H2,1-2H3/t8-,9-. The van der Waals surface area contributed by atoms with E-state index >= 15 is 0 Å². The van der Waals surface area contributed by atoms with Gasteiger partial charge in [0.1, 0.15) is 0 Å². The lowest BCUT2D eigenvalue weighted by atomic mass is 9.74. The molecule has 1 saturated carbocycles. The van der Waals surface area contributed by atoms with Crippen molar-refractivity contribution in [2.45, 2.75) is 63.6 Å². The molecular weight excluding hydrogens is 318 g/mol. The van der Waals surface area contributed by atoms with E-state index in [9.17, 15) is 36.2 Å². The molecule has 0 spiro atoms. The molecule has 0 aromatic heterocycles. The molecule has 0 aliphatic heterocycles. The summed E-state index contributed by atoms with van der Waals surface area (Å²) in [7, 11) is 0. The van der Waals surface area contributed by atoms with Gasteiger partial charge in [-0.2, -0.15) is 26.3 Å². The van der Waals surface area contributed by atoms with Crippen LogP contribution in [0.2, 0.25) is 0 Å². The number of rotatable bonds is 3. The zero-order valence-electron chi connectivity index (χ0n) is 12.1. The number of hydrogen-bond acceptors (Lipinski definition) is 3. The van der Waals surface area contributed by atoms with Crippen LogP contribution in [0.15, 0.2) is 0 Å². The van der Waals surface area contributed by atoms with Gasteiger partial charge >= 0.3 is 23.9 Å². The van der Waals surface area contributed by atoms with Gasteiger partial charge in [-0.1, -0.05) is 13.8 Å². The lowest BCUT2D eigenvalue weighted by Crippen LogP contribution is -2.65. The first-order valence-electron chi connectivity index (χ1n) is 6.87. The summed E-state index contributed by atoms with van der Waals surface area (Å²) in [5, 5.41) is 9.30. The van der Waals surface area contributed by atoms with E-state index in [-0.39, 0.29) is 12.8 Å². The quantitative estimate of drug-likeness (QED) is 0.633. The first-order valence-corrected chi connectivity index (χ1v) is 6.87. The van der Waals surface area contributed by atoms with Crippen LogP contribution in [0.25, 0.3) is 0 Å². The van der Waals surface area contributed by atoms with Crippen LogP contribution >= 0.6 is 0 Å². The highest BCUT2D eigenvalue weighted by atomic mass is 19.4. The minimum absolute atomic E-state index is 0.197. The molecule has 3 nitrogen and oxygen atoms in total. The normalized spacial score (nSPS) is 24.5. The third-order valence-corrected chi connectivity index (χ3v) is 3.85. The minimum Gasteiger partial charge on any atom is -0.439 e. The molecule has 0 aromatic carbocycles. The molecule has 0 bridgehead atoms. The van der Waals surface area contributed by atoms with Gasteiger partial charge in [-0.15, -0.1) is 0 Å².